The van der Waals surface area contributed by atoms with E-state index in [9.17, 15) is 13.2 Å². The fraction of sp³-hybridized carbons (Fsp3) is 0.533. The normalized spacial score (nSPS) is 18.2. The van der Waals surface area contributed by atoms with E-state index >= 15 is 0 Å². The summed E-state index contributed by atoms with van der Waals surface area (Å²) in [5.74, 6) is 0.835. The molecule has 0 aliphatic carbocycles. The van der Waals surface area contributed by atoms with Crippen molar-refractivity contribution in [1.29, 1.82) is 0 Å². The number of amides is 1. The van der Waals surface area contributed by atoms with Crippen LogP contribution in [0.25, 0.3) is 0 Å². The van der Waals surface area contributed by atoms with Crippen LogP contribution in [0.5, 0.6) is 11.5 Å². The number of nitrogens with two attached hydrogens (primary N) is 1. The van der Waals surface area contributed by atoms with E-state index in [0.29, 0.717) is 50.8 Å². The van der Waals surface area contributed by atoms with Gasteiger partial charge < -0.3 is 20.1 Å². The molecule has 0 aromatic heterocycles. The number of carbonyl (C=O) groups excluding carboxylic acids is 1. The predicted octanol–water partition coefficient (Wildman–Crippen LogP) is 0.0613. The highest BCUT2D eigenvalue weighted by Crippen LogP contribution is 2.33. The quantitative estimate of drug-likeness (QED) is 0.781. The van der Waals surface area contributed by atoms with Gasteiger partial charge in [-0.25, -0.2) is 8.42 Å². The minimum atomic E-state index is -3.65. The lowest BCUT2D eigenvalue weighted by molar-refractivity contribution is -0.129. The molecule has 1 amide bonds. The SMILES string of the molecule is Cl.NCC(=O)N1CCCN(S(=O)(=O)c2ccc3c(c2)OCCO3)CC1. The lowest BCUT2D eigenvalue weighted by atomic mass is 10.3. The molecule has 2 aliphatic heterocycles. The Morgan fingerprint density at radius 2 is 1.80 bits per heavy atom. The van der Waals surface area contributed by atoms with Crippen molar-refractivity contribution in [1.82, 2.24) is 9.21 Å². The molecule has 0 atom stereocenters. The number of hydrogen-bond acceptors (Lipinski definition) is 6. The van der Waals surface area contributed by atoms with Gasteiger partial charge in [-0.2, -0.15) is 4.31 Å². The van der Waals surface area contributed by atoms with Crippen molar-refractivity contribution in [2.45, 2.75) is 11.3 Å². The summed E-state index contributed by atoms with van der Waals surface area (Å²) >= 11 is 0. The summed E-state index contributed by atoms with van der Waals surface area (Å²) in [7, 11) is -3.65. The number of sulfonamides is 1. The largest absolute Gasteiger partial charge is 0.486 e. The highest BCUT2D eigenvalue weighted by Gasteiger charge is 2.29. The monoisotopic (exact) mass is 391 g/mol. The molecule has 10 heteroatoms. The Morgan fingerprint density at radius 1 is 1.08 bits per heavy atom. The van der Waals surface area contributed by atoms with Gasteiger partial charge in [-0.3, -0.25) is 4.79 Å². The molecule has 0 bridgehead atoms. The average Bonchev–Trinajstić information content (AvgIpc) is 2.87. The Hall–Kier alpha value is -1.55. The van der Waals surface area contributed by atoms with Crippen LogP contribution < -0.4 is 15.2 Å². The second kappa shape index (κ2) is 8.22. The van der Waals surface area contributed by atoms with Crippen molar-refractivity contribution in [3.8, 4) is 11.5 Å². The maximum absolute atomic E-state index is 12.9. The number of rotatable bonds is 3. The molecule has 2 aliphatic rings. The summed E-state index contributed by atoms with van der Waals surface area (Å²) in [4.78, 5) is 13.5. The van der Waals surface area contributed by atoms with E-state index in [-0.39, 0.29) is 36.3 Å². The second-order valence-electron chi connectivity index (χ2n) is 5.65. The van der Waals surface area contributed by atoms with E-state index in [1.807, 2.05) is 0 Å². The number of nitrogens with zero attached hydrogens (tertiary/aromatic N) is 2. The maximum Gasteiger partial charge on any atom is 0.243 e. The Kier molecular flexibility index (Phi) is 6.50. The van der Waals surface area contributed by atoms with Crippen molar-refractivity contribution in [3.05, 3.63) is 18.2 Å². The van der Waals surface area contributed by atoms with Gasteiger partial charge in [0.25, 0.3) is 0 Å². The van der Waals surface area contributed by atoms with Gasteiger partial charge in [-0.05, 0) is 18.6 Å². The molecule has 1 fully saturated rings. The maximum atomic E-state index is 12.9. The van der Waals surface area contributed by atoms with E-state index < -0.39 is 10.0 Å². The topological polar surface area (TPSA) is 102 Å². The van der Waals surface area contributed by atoms with Gasteiger partial charge in [0.15, 0.2) is 11.5 Å². The van der Waals surface area contributed by atoms with Crippen LogP contribution >= 0.6 is 12.4 Å². The van der Waals surface area contributed by atoms with E-state index in [0.717, 1.165) is 0 Å². The minimum absolute atomic E-state index is 0. The summed E-state index contributed by atoms with van der Waals surface area (Å²) < 4.78 is 38.0. The van der Waals surface area contributed by atoms with Gasteiger partial charge in [0.2, 0.25) is 15.9 Å². The first-order valence-corrected chi connectivity index (χ1v) is 9.34. The van der Waals surface area contributed by atoms with Crippen LogP contribution in [0.15, 0.2) is 23.1 Å². The van der Waals surface area contributed by atoms with Crippen LogP contribution in [-0.4, -0.2) is 69.5 Å². The Morgan fingerprint density at radius 3 is 2.52 bits per heavy atom. The first-order chi connectivity index (χ1) is 11.5. The summed E-state index contributed by atoms with van der Waals surface area (Å²) in [6.45, 7) is 2.28. The van der Waals surface area contributed by atoms with E-state index in [4.69, 9.17) is 15.2 Å². The van der Waals surface area contributed by atoms with Crippen LogP contribution in [0.3, 0.4) is 0 Å². The zero-order valence-electron chi connectivity index (χ0n) is 13.7. The molecular weight excluding hydrogens is 370 g/mol. The van der Waals surface area contributed by atoms with Crippen molar-refractivity contribution in [2.75, 3.05) is 45.9 Å². The number of halogens is 1. The molecule has 0 saturated carbocycles. The summed E-state index contributed by atoms with van der Waals surface area (Å²) in [5, 5.41) is 0. The smallest absolute Gasteiger partial charge is 0.243 e. The molecule has 3 rings (SSSR count). The molecular formula is C15H22ClN3O5S. The van der Waals surface area contributed by atoms with Gasteiger partial charge in [-0.1, -0.05) is 0 Å². The molecule has 0 unspecified atom stereocenters. The van der Waals surface area contributed by atoms with Crippen LogP contribution in [0, 0.1) is 0 Å². The molecule has 2 N–H and O–H groups in total. The fourth-order valence-corrected chi connectivity index (χ4v) is 4.33. The Labute approximate surface area is 153 Å². The summed E-state index contributed by atoms with van der Waals surface area (Å²) in [5.41, 5.74) is 5.38. The highest BCUT2D eigenvalue weighted by molar-refractivity contribution is 7.89. The minimum Gasteiger partial charge on any atom is -0.486 e. The number of fused-ring (bicyclic) bond motifs is 1. The molecule has 1 aromatic carbocycles. The van der Waals surface area contributed by atoms with Gasteiger partial charge >= 0.3 is 0 Å². The van der Waals surface area contributed by atoms with Crippen LogP contribution in [0.2, 0.25) is 0 Å². The lowest BCUT2D eigenvalue weighted by Crippen LogP contribution is -2.39. The van der Waals surface area contributed by atoms with E-state index in [2.05, 4.69) is 0 Å². The first-order valence-electron chi connectivity index (χ1n) is 7.90. The standard InChI is InChI=1S/C15H21N3O5S.ClH/c16-11-15(19)17-4-1-5-18(7-6-17)24(20,21)12-2-3-13-14(10-12)23-9-8-22-13;/h2-3,10H,1,4-9,11,16H2;1H. The fourth-order valence-electron chi connectivity index (χ4n) is 2.85. The zero-order valence-corrected chi connectivity index (χ0v) is 15.4. The number of benzene rings is 1. The third kappa shape index (κ3) is 4.17. The number of carbonyl (C=O) groups is 1. The molecule has 8 nitrogen and oxygen atoms in total. The summed E-state index contributed by atoms with van der Waals surface area (Å²) in [6, 6.07) is 4.64. The molecule has 140 valence electrons. The lowest BCUT2D eigenvalue weighted by Gasteiger charge is -2.23. The molecule has 0 spiro atoms. The summed E-state index contributed by atoms with van der Waals surface area (Å²) in [6.07, 6.45) is 0.579. The van der Waals surface area contributed by atoms with E-state index in [1.54, 1.807) is 11.0 Å². The van der Waals surface area contributed by atoms with Crippen LogP contribution in [0.1, 0.15) is 6.42 Å². The van der Waals surface area contributed by atoms with E-state index in [1.165, 1.54) is 16.4 Å². The van der Waals surface area contributed by atoms with Crippen molar-refractivity contribution in [2.24, 2.45) is 5.73 Å². The van der Waals surface area contributed by atoms with Crippen molar-refractivity contribution >= 4 is 28.3 Å². The molecule has 25 heavy (non-hydrogen) atoms. The Bertz CT molecular complexity index is 728. The highest BCUT2D eigenvalue weighted by atomic mass is 35.5. The van der Waals surface area contributed by atoms with Gasteiger partial charge in [0, 0.05) is 32.2 Å². The van der Waals surface area contributed by atoms with Gasteiger partial charge in [0.05, 0.1) is 11.4 Å². The molecule has 1 aromatic rings. The average molecular weight is 392 g/mol. The third-order valence-corrected chi connectivity index (χ3v) is 6.03. The second-order valence-corrected chi connectivity index (χ2v) is 7.59. The van der Waals surface area contributed by atoms with Gasteiger partial charge in [0.1, 0.15) is 13.2 Å². The Balaban J connectivity index is 0.00000225. The third-order valence-electron chi connectivity index (χ3n) is 4.13. The number of ether oxygens (including phenoxy) is 2. The van der Waals surface area contributed by atoms with Crippen LogP contribution in [-0.2, 0) is 14.8 Å². The molecule has 0 radical (unpaired) electrons. The van der Waals surface area contributed by atoms with Crippen molar-refractivity contribution < 1.29 is 22.7 Å². The van der Waals surface area contributed by atoms with Crippen molar-refractivity contribution in [3.63, 3.8) is 0 Å². The molecule has 2 heterocycles. The first kappa shape index (κ1) is 19.8. The van der Waals surface area contributed by atoms with Crippen LogP contribution in [0.4, 0.5) is 0 Å². The number of hydrogen-bond donors (Lipinski definition) is 1. The van der Waals surface area contributed by atoms with Gasteiger partial charge in [-0.15, -0.1) is 12.4 Å². The molecule has 1 saturated heterocycles. The zero-order chi connectivity index (χ0) is 17.2. The predicted molar refractivity (Wildman–Crippen MR) is 93.7 cm³/mol.